The molecule has 0 saturated carbocycles. The number of hydrogen-bond donors (Lipinski definition) is 1. The number of aryl methyl sites for hydroxylation is 1. The molecule has 0 aliphatic rings. The fraction of sp³-hybridized carbons (Fsp3) is 0.182. The maximum absolute atomic E-state index is 5.83. The smallest absolute Gasteiger partial charge is 0.132 e. The van der Waals surface area contributed by atoms with Crippen molar-refractivity contribution in [2.45, 2.75) is 13.5 Å². The average Bonchev–Trinajstić information content (AvgIpc) is 2.73. The zero-order valence-corrected chi connectivity index (χ0v) is 9.08. The van der Waals surface area contributed by atoms with E-state index in [1.165, 1.54) is 0 Å². The van der Waals surface area contributed by atoms with Gasteiger partial charge >= 0.3 is 0 Å². The lowest BCUT2D eigenvalue weighted by Crippen LogP contribution is -1.99. The van der Waals surface area contributed by atoms with Crippen molar-refractivity contribution in [2.24, 2.45) is 0 Å². The molecular formula is C11H11ClN2O. The summed E-state index contributed by atoms with van der Waals surface area (Å²) in [6.45, 7) is 2.65. The van der Waals surface area contributed by atoms with E-state index in [0.29, 0.717) is 5.15 Å². The Bertz CT molecular complexity index is 440. The summed E-state index contributed by atoms with van der Waals surface area (Å²) in [5, 5.41) is 3.78. The Morgan fingerprint density at radius 3 is 3.07 bits per heavy atom. The van der Waals surface area contributed by atoms with E-state index in [2.05, 4.69) is 10.3 Å². The number of nitrogens with zero attached hydrogens (tertiary/aromatic N) is 1. The predicted molar refractivity (Wildman–Crippen MR) is 60.0 cm³/mol. The van der Waals surface area contributed by atoms with E-state index in [9.17, 15) is 0 Å². The number of halogens is 1. The molecule has 0 spiro atoms. The van der Waals surface area contributed by atoms with E-state index in [1.807, 2.05) is 19.1 Å². The van der Waals surface area contributed by atoms with Crippen molar-refractivity contribution < 1.29 is 4.42 Å². The molecule has 15 heavy (non-hydrogen) atoms. The van der Waals surface area contributed by atoms with Gasteiger partial charge in [-0.05, 0) is 24.6 Å². The lowest BCUT2D eigenvalue weighted by Gasteiger charge is -2.05. The van der Waals surface area contributed by atoms with Crippen molar-refractivity contribution in [1.82, 2.24) is 4.98 Å². The van der Waals surface area contributed by atoms with E-state index < -0.39 is 0 Å². The quantitative estimate of drug-likeness (QED) is 0.811. The minimum atomic E-state index is 0.545. The van der Waals surface area contributed by atoms with Crippen molar-refractivity contribution in [1.29, 1.82) is 0 Å². The Kier molecular flexibility index (Phi) is 2.92. The molecule has 2 aromatic heterocycles. The van der Waals surface area contributed by atoms with Crippen LogP contribution in [0.1, 0.15) is 11.1 Å². The molecule has 0 aliphatic heterocycles. The van der Waals surface area contributed by atoms with E-state index in [-0.39, 0.29) is 0 Å². The van der Waals surface area contributed by atoms with Gasteiger partial charge in [-0.1, -0.05) is 11.6 Å². The van der Waals surface area contributed by atoms with Crippen molar-refractivity contribution in [3.05, 3.63) is 47.1 Å². The van der Waals surface area contributed by atoms with Crippen LogP contribution in [0, 0.1) is 6.92 Å². The van der Waals surface area contributed by atoms with E-state index in [1.54, 1.807) is 18.7 Å². The highest BCUT2D eigenvalue weighted by Crippen LogP contribution is 2.16. The Labute approximate surface area is 93.1 Å². The topological polar surface area (TPSA) is 38.1 Å². The van der Waals surface area contributed by atoms with Crippen LogP contribution in [0.15, 0.2) is 35.3 Å². The summed E-state index contributed by atoms with van der Waals surface area (Å²) >= 11 is 5.83. The van der Waals surface area contributed by atoms with Crippen molar-refractivity contribution in [2.75, 3.05) is 5.32 Å². The van der Waals surface area contributed by atoms with Gasteiger partial charge in [0, 0.05) is 12.1 Å². The normalized spacial score (nSPS) is 10.3. The number of aromatic nitrogens is 1. The highest BCUT2D eigenvalue weighted by molar-refractivity contribution is 6.30. The van der Waals surface area contributed by atoms with E-state index in [0.717, 1.165) is 23.4 Å². The van der Waals surface area contributed by atoms with Crippen molar-refractivity contribution >= 4 is 17.3 Å². The van der Waals surface area contributed by atoms with E-state index >= 15 is 0 Å². The second-order valence-corrected chi connectivity index (χ2v) is 3.67. The second kappa shape index (κ2) is 4.36. The molecule has 0 fully saturated rings. The van der Waals surface area contributed by atoms with Crippen LogP contribution in [0.25, 0.3) is 0 Å². The zero-order valence-electron chi connectivity index (χ0n) is 8.33. The van der Waals surface area contributed by atoms with Gasteiger partial charge in [-0.25, -0.2) is 4.98 Å². The molecular weight excluding hydrogens is 212 g/mol. The summed E-state index contributed by atoms with van der Waals surface area (Å²) in [6.07, 6.45) is 5.08. The third kappa shape index (κ3) is 2.50. The van der Waals surface area contributed by atoms with Crippen LogP contribution in [-0.2, 0) is 6.54 Å². The fourth-order valence-electron chi connectivity index (χ4n) is 1.25. The first kappa shape index (κ1) is 10.1. The first-order chi connectivity index (χ1) is 7.25. The third-order valence-electron chi connectivity index (χ3n) is 2.09. The number of pyridine rings is 1. The molecule has 0 atom stereocenters. The molecule has 0 aromatic carbocycles. The molecule has 2 rings (SSSR count). The summed E-state index contributed by atoms with van der Waals surface area (Å²) in [5.41, 5.74) is 3.02. The summed E-state index contributed by atoms with van der Waals surface area (Å²) < 4.78 is 4.97. The summed E-state index contributed by atoms with van der Waals surface area (Å²) in [4.78, 5) is 4.06. The van der Waals surface area contributed by atoms with Crippen LogP contribution in [0.2, 0.25) is 5.15 Å². The van der Waals surface area contributed by atoms with E-state index in [4.69, 9.17) is 16.0 Å². The number of nitrogens with one attached hydrogen (secondary N) is 1. The van der Waals surface area contributed by atoms with Gasteiger partial charge in [0.25, 0.3) is 0 Å². The molecule has 2 aromatic rings. The minimum absolute atomic E-state index is 0.545. The third-order valence-corrected chi connectivity index (χ3v) is 2.49. The molecule has 0 saturated heterocycles. The molecule has 0 unspecified atom stereocenters. The predicted octanol–water partition coefficient (Wildman–Crippen LogP) is 3.25. The van der Waals surface area contributed by atoms with Crippen LogP contribution >= 0.6 is 11.6 Å². The molecule has 0 aliphatic carbocycles. The lowest BCUT2D eigenvalue weighted by atomic mass is 10.3. The molecule has 4 heteroatoms. The molecule has 1 N–H and O–H groups in total. The summed E-state index contributed by atoms with van der Waals surface area (Å²) in [5.74, 6) is 0. The fourth-order valence-corrected chi connectivity index (χ4v) is 1.36. The highest BCUT2D eigenvalue weighted by Gasteiger charge is 1.99. The van der Waals surface area contributed by atoms with Crippen LogP contribution in [0.3, 0.4) is 0 Å². The van der Waals surface area contributed by atoms with Gasteiger partial charge in [-0.2, -0.15) is 0 Å². The summed E-state index contributed by atoms with van der Waals surface area (Å²) in [7, 11) is 0. The molecule has 78 valence electrons. The molecule has 2 heterocycles. The van der Waals surface area contributed by atoms with Crippen LogP contribution < -0.4 is 5.32 Å². The lowest BCUT2D eigenvalue weighted by molar-refractivity contribution is 0.564. The Balaban J connectivity index is 2.02. The van der Waals surface area contributed by atoms with Gasteiger partial charge < -0.3 is 9.73 Å². The number of anilines is 1. The number of furan rings is 1. The molecule has 3 nitrogen and oxygen atoms in total. The monoisotopic (exact) mass is 222 g/mol. The Morgan fingerprint density at radius 2 is 2.40 bits per heavy atom. The van der Waals surface area contributed by atoms with Gasteiger partial charge in [-0.3, -0.25) is 0 Å². The van der Waals surface area contributed by atoms with Crippen molar-refractivity contribution in [3.63, 3.8) is 0 Å². The number of hydrogen-bond acceptors (Lipinski definition) is 3. The largest absolute Gasteiger partial charge is 0.472 e. The summed E-state index contributed by atoms with van der Waals surface area (Å²) in [6, 6.07) is 3.89. The number of rotatable bonds is 3. The SMILES string of the molecule is Cc1cc(NCc2ccoc2)cnc1Cl. The van der Waals surface area contributed by atoms with Gasteiger partial charge in [0.05, 0.1) is 24.4 Å². The van der Waals surface area contributed by atoms with Crippen molar-refractivity contribution in [3.8, 4) is 0 Å². The van der Waals surface area contributed by atoms with Gasteiger partial charge in [0.15, 0.2) is 0 Å². The maximum atomic E-state index is 5.83. The average molecular weight is 223 g/mol. The Hall–Kier alpha value is -1.48. The Morgan fingerprint density at radius 1 is 1.53 bits per heavy atom. The maximum Gasteiger partial charge on any atom is 0.132 e. The van der Waals surface area contributed by atoms with Gasteiger partial charge in [0.2, 0.25) is 0 Å². The van der Waals surface area contributed by atoms with Gasteiger partial charge in [0.1, 0.15) is 5.15 Å². The first-order valence-corrected chi connectivity index (χ1v) is 5.00. The molecule has 0 amide bonds. The van der Waals surface area contributed by atoms with Crippen LogP contribution in [0.4, 0.5) is 5.69 Å². The molecule has 0 bridgehead atoms. The first-order valence-electron chi connectivity index (χ1n) is 4.63. The van der Waals surface area contributed by atoms with Gasteiger partial charge in [-0.15, -0.1) is 0 Å². The zero-order chi connectivity index (χ0) is 10.7. The van der Waals surface area contributed by atoms with Crippen LogP contribution in [-0.4, -0.2) is 4.98 Å². The highest BCUT2D eigenvalue weighted by atomic mass is 35.5. The van der Waals surface area contributed by atoms with Crippen LogP contribution in [0.5, 0.6) is 0 Å². The second-order valence-electron chi connectivity index (χ2n) is 3.32. The minimum Gasteiger partial charge on any atom is -0.472 e. The molecule has 0 radical (unpaired) electrons. The standard InChI is InChI=1S/C11H11ClN2O/c1-8-4-10(6-14-11(8)12)13-5-9-2-3-15-7-9/h2-4,6-7,13H,5H2,1H3.